The number of aliphatic imine (C=N–C) groups is 1. The van der Waals surface area contributed by atoms with Crippen molar-refractivity contribution in [2.24, 2.45) is 10.9 Å². The summed E-state index contributed by atoms with van der Waals surface area (Å²) in [4.78, 5) is 16.6. The third-order valence-electron chi connectivity index (χ3n) is 3.26. The Hall–Kier alpha value is -2.16. The molecule has 0 N–H and O–H groups in total. The molecular formula is C16H17NO2. The highest BCUT2D eigenvalue weighted by Gasteiger charge is 2.46. The van der Waals surface area contributed by atoms with E-state index in [9.17, 15) is 4.79 Å². The van der Waals surface area contributed by atoms with Crippen molar-refractivity contribution < 1.29 is 9.53 Å². The first kappa shape index (κ1) is 13.3. The fraction of sp³-hybridized carbons (Fsp3) is 0.250. The number of carbonyl (C=O) groups is 1. The van der Waals surface area contributed by atoms with Crippen LogP contribution in [0.3, 0.4) is 0 Å². The van der Waals surface area contributed by atoms with Crippen LogP contribution < -0.4 is 0 Å². The average Bonchev–Trinajstić information content (AvgIpc) is 2.74. The van der Waals surface area contributed by atoms with E-state index in [1.807, 2.05) is 49.4 Å². The van der Waals surface area contributed by atoms with Crippen LogP contribution in [-0.2, 0) is 9.53 Å². The molecule has 0 spiro atoms. The second-order valence-electron chi connectivity index (χ2n) is 4.61. The number of hydrogen-bond donors (Lipinski definition) is 0. The fourth-order valence-electron chi connectivity index (χ4n) is 2.09. The molecule has 98 valence electrons. The molecule has 2 rings (SSSR count). The van der Waals surface area contributed by atoms with Gasteiger partial charge in [-0.1, -0.05) is 36.4 Å². The molecule has 1 aromatic rings. The second kappa shape index (κ2) is 5.22. The molecule has 19 heavy (non-hydrogen) atoms. The van der Waals surface area contributed by atoms with Gasteiger partial charge in [0.2, 0.25) is 5.90 Å². The zero-order valence-corrected chi connectivity index (χ0v) is 11.2. The number of ether oxygens (including phenoxy) is 1. The smallest absolute Gasteiger partial charge is 0.341 e. The predicted molar refractivity (Wildman–Crippen MR) is 76.0 cm³/mol. The van der Waals surface area contributed by atoms with E-state index in [1.54, 1.807) is 13.0 Å². The molecular weight excluding hydrogens is 238 g/mol. The quantitative estimate of drug-likeness (QED) is 0.612. The van der Waals surface area contributed by atoms with Crippen LogP contribution in [0.5, 0.6) is 0 Å². The molecule has 1 aliphatic rings. The molecule has 0 radical (unpaired) electrons. The van der Waals surface area contributed by atoms with E-state index in [1.165, 1.54) is 0 Å². The van der Waals surface area contributed by atoms with Crippen LogP contribution in [0.2, 0.25) is 0 Å². The number of benzene rings is 1. The van der Waals surface area contributed by atoms with Gasteiger partial charge in [0.25, 0.3) is 0 Å². The van der Waals surface area contributed by atoms with Crippen molar-refractivity contribution in [2.75, 3.05) is 0 Å². The lowest BCUT2D eigenvalue weighted by Gasteiger charge is -2.21. The minimum atomic E-state index is -0.931. The number of cyclic esters (lactones) is 1. The molecule has 1 aliphatic heterocycles. The van der Waals surface area contributed by atoms with Crippen LogP contribution in [0.4, 0.5) is 0 Å². The lowest BCUT2D eigenvalue weighted by Crippen LogP contribution is -2.36. The summed E-state index contributed by atoms with van der Waals surface area (Å²) in [6.07, 6.45) is 5.52. The van der Waals surface area contributed by atoms with Crippen LogP contribution in [-0.4, -0.2) is 17.4 Å². The van der Waals surface area contributed by atoms with Gasteiger partial charge in [-0.3, -0.25) is 0 Å². The van der Waals surface area contributed by atoms with Crippen LogP contribution in [0.1, 0.15) is 19.4 Å². The lowest BCUT2D eigenvalue weighted by atomic mass is 9.86. The molecule has 1 heterocycles. The van der Waals surface area contributed by atoms with Gasteiger partial charge in [0.05, 0.1) is 0 Å². The number of carbonyl (C=O) groups excluding carboxylic acids is 1. The van der Waals surface area contributed by atoms with Crippen LogP contribution in [0, 0.1) is 5.92 Å². The van der Waals surface area contributed by atoms with Crippen molar-refractivity contribution in [1.82, 2.24) is 0 Å². The molecule has 0 saturated carbocycles. The minimum absolute atomic E-state index is 0.175. The van der Waals surface area contributed by atoms with Crippen LogP contribution >= 0.6 is 0 Å². The Morgan fingerprint density at radius 2 is 2.05 bits per heavy atom. The molecule has 0 saturated heterocycles. The Bertz CT molecular complexity index is 545. The normalized spacial score (nSPS) is 24.1. The zero-order valence-electron chi connectivity index (χ0n) is 11.2. The van der Waals surface area contributed by atoms with Gasteiger partial charge in [0, 0.05) is 11.5 Å². The first-order chi connectivity index (χ1) is 9.11. The number of nitrogens with zero attached hydrogens (tertiary/aromatic N) is 1. The van der Waals surface area contributed by atoms with E-state index in [0.29, 0.717) is 5.90 Å². The maximum Gasteiger partial charge on any atom is 0.341 e. The van der Waals surface area contributed by atoms with Crippen molar-refractivity contribution in [3.8, 4) is 0 Å². The van der Waals surface area contributed by atoms with Gasteiger partial charge in [0.1, 0.15) is 0 Å². The van der Waals surface area contributed by atoms with E-state index in [2.05, 4.69) is 11.6 Å². The molecule has 0 unspecified atom stereocenters. The summed E-state index contributed by atoms with van der Waals surface area (Å²) in [5.41, 5.74) is -0.123. The summed E-state index contributed by atoms with van der Waals surface area (Å²) >= 11 is 0. The standard InChI is InChI=1S/C16H17NO2/c1-4-9-13(5-2)16(3)15(18)19-14(17-16)12-10-7-6-8-11-12/h4-11,13H,2H2,1,3H3/b9-4+/t13-,16+/m1/s1. The summed E-state index contributed by atoms with van der Waals surface area (Å²) in [6, 6.07) is 9.43. The average molecular weight is 255 g/mol. The Balaban J connectivity index is 2.40. The third-order valence-corrected chi connectivity index (χ3v) is 3.26. The number of hydrogen-bond acceptors (Lipinski definition) is 3. The highest BCUT2D eigenvalue weighted by Crippen LogP contribution is 2.32. The van der Waals surface area contributed by atoms with Gasteiger partial charge in [0.15, 0.2) is 5.54 Å². The topological polar surface area (TPSA) is 38.7 Å². The molecule has 1 aromatic carbocycles. The first-order valence-corrected chi connectivity index (χ1v) is 6.24. The number of rotatable bonds is 4. The number of esters is 1. The Morgan fingerprint density at radius 1 is 1.37 bits per heavy atom. The summed E-state index contributed by atoms with van der Waals surface area (Å²) in [6.45, 7) is 7.45. The largest absolute Gasteiger partial charge is 0.405 e. The summed E-state index contributed by atoms with van der Waals surface area (Å²) in [5.74, 6) is -0.134. The maximum atomic E-state index is 12.1. The maximum absolute atomic E-state index is 12.1. The van der Waals surface area contributed by atoms with E-state index >= 15 is 0 Å². The molecule has 2 atom stereocenters. The highest BCUT2D eigenvalue weighted by atomic mass is 16.6. The summed E-state index contributed by atoms with van der Waals surface area (Å²) < 4.78 is 5.32. The van der Waals surface area contributed by atoms with Crippen molar-refractivity contribution in [2.45, 2.75) is 19.4 Å². The van der Waals surface area contributed by atoms with Crippen molar-refractivity contribution in [3.63, 3.8) is 0 Å². The van der Waals surface area contributed by atoms with Crippen molar-refractivity contribution in [1.29, 1.82) is 0 Å². The van der Waals surface area contributed by atoms with Gasteiger partial charge in [-0.05, 0) is 26.0 Å². The molecule has 3 heteroatoms. The van der Waals surface area contributed by atoms with Crippen molar-refractivity contribution >= 4 is 11.9 Å². The first-order valence-electron chi connectivity index (χ1n) is 6.24. The van der Waals surface area contributed by atoms with Gasteiger partial charge in [-0.25, -0.2) is 9.79 Å². The fourth-order valence-corrected chi connectivity index (χ4v) is 2.09. The van der Waals surface area contributed by atoms with Crippen LogP contribution in [0.15, 0.2) is 60.1 Å². The van der Waals surface area contributed by atoms with Crippen molar-refractivity contribution in [3.05, 3.63) is 60.7 Å². The van der Waals surface area contributed by atoms with E-state index in [0.717, 1.165) is 5.56 Å². The van der Waals surface area contributed by atoms with Gasteiger partial charge in [-0.2, -0.15) is 0 Å². The molecule has 0 aromatic heterocycles. The highest BCUT2D eigenvalue weighted by molar-refractivity contribution is 6.08. The second-order valence-corrected chi connectivity index (χ2v) is 4.61. The SMILES string of the molecule is C=C[C@H](/C=C/C)[C@]1(C)N=C(c2ccccc2)OC1=O. The molecule has 0 fully saturated rings. The van der Waals surface area contributed by atoms with E-state index < -0.39 is 5.54 Å². The Labute approximate surface area is 113 Å². The Kier molecular flexibility index (Phi) is 3.65. The monoisotopic (exact) mass is 255 g/mol. The summed E-state index contributed by atoms with van der Waals surface area (Å²) in [7, 11) is 0. The van der Waals surface area contributed by atoms with Gasteiger partial charge < -0.3 is 4.74 Å². The van der Waals surface area contributed by atoms with Gasteiger partial charge in [-0.15, -0.1) is 6.58 Å². The number of allylic oxidation sites excluding steroid dienone is 1. The zero-order chi connectivity index (χ0) is 13.9. The Morgan fingerprint density at radius 3 is 2.63 bits per heavy atom. The van der Waals surface area contributed by atoms with Crippen LogP contribution in [0.25, 0.3) is 0 Å². The van der Waals surface area contributed by atoms with Gasteiger partial charge >= 0.3 is 5.97 Å². The van der Waals surface area contributed by atoms with E-state index in [-0.39, 0.29) is 11.9 Å². The third kappa shape index (κ3) is 2.36. The molecule has 0 amide bonds. The molecule has 0 aliphatic carbocycles. The molecule has 3 nitrogen and oxygen atoms in total. The summed E-state index contributed by atoms with van der Waals surface area (Å²) in [5, 5.41) is 0. The molecule has 0 bridgehead atoms. The lowest BCUT2D eigenvalue weighted by molar-refractivity contribution is -0.139. The minimum Gasteiger partial charge on any atom is -0.405 e. The predicted octanol–water partition coefficient (Wildman–Crippen LogP) is 3.13. The van der Waals surface area contributed by atoms with E-state index in [4.69, 9.17) is 4.74 Å².